The third-order valence-corrected chi connectivity index (χ3v) is 4.59. The normalized spacial score (nSPS) is 16.6. The van der Waals surface area contributed by atoms with Crippen molar-refractivity contribution in [1.82, 2.24) is 9.88 Å². The van der Waals surface area contributed by atoms with Crippen LogP contribution in [0.1, 0.15) is 25.3 Å². The summed E-state index contributed by atoms with van der Waals surface area (Å²) in [6.07, 6.45) is 6.07. The summed E-state index contributed by atoms with van der Waals surface area (Å²) in [5.41, 5.74) is 1.38. The monoisotopic (exact) mass is 324 g/mol. The van der Waals surface area contributed by atoms with Crippen LogP contribution in [0.15, 0.2) is 54.9 Å². The Balaban J connectivity index is 1.48. The molecule has 1 saturated heterocycles. The van der Waals surface area contributed by atoms with Crippen LogP contribution in [0, 0.1) is 5.92 Å². The van der Waals surface area contributed by atoms with Crippen LogP contribution in [0.4, 0.5) is 0 Å². The first kappa shape index (κ1) is 16.5. The molecule has 1 aliphatic heterocycles. The Morgan fingerprint density at radius 1 is 1.21 bits per heavy atom. The number of benzene rings is 1. The molecule has 0 radical (unpaired) electrons. The van der Waals surface area contributed by atoms with Gasteiger partial charge < -0.3 is 9.64 Å². The van der Waals surface area contributed by atoms with Crippen LogP contribution in [-0.2, 0) is 11.2 Å². The number of aromatic nitrogens is 1. The zero-order valence-electron chi connectivity index (χ0n) is 14.1. The lowest BCUT2D eigenvalue weighted by molar-refractivity contribution is -0.139. The molecule has 0 spiro atoms. The Kier molecular flexibility index (Phi) is 5.47. The Morgan fingerprint density at radius 3 is 2.62 bits per heavy atom. The number of hydrogen-bond donors (Lipinski definition) is 0. The number of likely N-dealkylation sites (tertiary alicyclic amines) is 1. The fourth-order valence-electron chi connectivity index (χ4n) is 3.23. The summed E-state index contributed by atoms with van der Waals surface area (Å²) in [5, 5.41) is 0. The molecule has 2 aromatic rings. The van der Waals surface area contributed by atoms with E-state index in [0.717, 1.165) is 32.4 Å². The first-order valence-corrected chi connectivity index (χ1v) is 8.62. The van der Waals surface area contributed by atoms with E-state index in [-0.39, 0.29) is 5.91 Å². The van der Waals surface area contributed by atoms with Gasteiger partial charge in [0.15, 0.2) is 6.10 Å². The number of piperidine rings is 1. The van der Waals surface area contributed by atoms with Gasteiger partial charge in [-0.25, -0.2) is 0 Å². The number of nitrogens with zero attached hydrogens (tertiary/aromatic N) is 2. The molecule has 1 atom stereocenters. The number of hydrogen-bond acceptors (Lipinski definition) is 3. The summed E-state index contributed by atoms with van der Waals surface area (Å²) in [6.45, 7) is 3.44. The summed E-state index contributed by atoms with van der Waals surface area (Å²) >= 11 is 0. The van der Waals surface area contributed by atoms with Crippen LogP contribution in [0.2, 0.25) is 0 Å². The fraction of sp³-hybridized carbons (Fsp3) is 0.400. The van der Waals surface area contributed by atoms with Gasteiger partial charge in [-0.3, -0.25) is 9.78 Å². The van der Waals surface area contributed by atoms with Gasteiger partial charge in [-0.2, -0.15) is 0 Å². The molecule has 4 nitrogen and oxygen atoms in total. The van der Waals surface area contributed by atoms with Crippen LogP contribution in [0.25, 0.3) is 0 Å². The van der Waals surface area contributed by atoms with E-state index in [0.29, 0.717) is 11.7 Å². The first-order valence-electron chi connectivity index (χ1n) is 8.62. The molecule has 0 aliphatic carbocycles. The molecule has 1 unspecified atom stereocenters. The molecule has 126 valence electrons. The Morgan fingerprint density at radius 2 is 1.96 bits per heavy atom. The predicted octanol–water partition coefficient (Wildman–Crippen LogP) is 3.33. The molecule has 24 heavy (non-hydrogen) atoms. The Hall–Kier alpha value is -2.36. The number of carbonyl (C=O) groups is 1. The second-order valence-electron chi connectivity index (χ2n) is 6.41. The van der Waals surface area contributed by atoms with E-state index in [9.17, 15) is 4.79 Å². The lowest BCUT2D eigenvalue weighted by Crippen LogP contribution is -2.45. The first-order chi connectivity index (χ1) is 11.7. The third kappa shape index (κ3) is 4.34. The van der Waals surface area contributed by atoms with Gasteiger partial charge in [0.05, 0.1) is 6.20 Å². The molecule has 1 aromatic carbocycles. The van der Waals surface area contributed by atoms with Gasteiger partial charge in [-0.1, -0.05) is 30.3 Å². The van der Waals surface area contributed by atoms with Gasteiger partial charge in [0.2, 0.25) is 0 Å². The highest BCUT2D eigenvalue weighted by Gasteiger charge is 2.27. The molecule has 1 fully saturated rings. The van der Waals surface area contributed by atoms with Crippen molar-refractivity contribution in [3.05, 3.63) is 60.4 Å². The Bertz CT molecular complexity index is 637. The van der Waals surface area contributed by atoms with Crippen LogP contribution in [0.3, 0.4) is 0 Å². The molecule has 1 amide bonds. The lowest BCUT2D eigenvalue weighted by atomic mass is 9.90. The molecular formula is C20H24N2O2. The van der Waals surface area contributed by atoms with Crippen molar-refractivity contribution in [2.45, 2.75) is 32.3 Å². The number of amides is 1. The maximum Gasteiger partial charge on any atom is 0.263 e. The van der Waals surface area contributed by atoms with E-state index in [2.05, 4.69) is 35.3 Å². The van der Waals surface area contributed by atoms with E-state index < -0.39 is 6.10 Å². The third-order valence-electron chi connectivity index (χ3n) is 4.59. The predicted molar refractivity (Wildman–Crippen MR) is 93.8 cm³/mol. The largest absolute Gasteiger partial charge is 0.479 e. The standard InChI is InChI=1S/C20H24N2O2/c1-16(24-19-8-5-11-21-15-19)20(23)22-12-9-18(10-13-22)14-17-6-3-2-4-7-17/h2-8,11,15-16,18H,9-10,12-14H2,1H3. The fourth-order valence-corrected chi connectivity index (χ4v) is 3.23. The smallest absolute Gasteiger partial charge is 0.263 e. The maximum atomic E-state index is 12.5. The zero-order chi connectivity index (χ0) is 16.8. The zero-order valence-corrected chi connectivity index (χ0v) is 14.1. The van der Waals surface area contributed by atoms with E-state index >= 15 is 0 Å². The van der Waals surface area contributed by atoms with E-state index in [1.807, 2.05) is 24.0 Å². The number of pyridine rings is 1. The number of ether oxygens (including phenoxy) is 1. The van der Waals surface area contributed by atoms with Crippen LogP contribution < -0.4 is 4.74 Å². The lowest BCUT2D eigenvalue weighted by Gasteiger charge is -2.33. The summed E-state index contributed by atoms with van der Waals surface area (Å²) < 4.78 is 5.70. The second kappa shape index (κ2) is 7.95. The van der Waals surface area contributed by atoms with Crippen LogP contribution in [-0.4, -0.2) is 35.0 Å². The van der Waals surface area contributed by atoms with Crippen molar-refractivity contribution in [3.8, 4) is 5.75 Å². The topological polar surface area (TPSA) is 42.4 Å². The molecular weight excluding hydrogens is 300 g/mol. The Labute approximate surface area is 143 Å². The molecule has 4 heteroatoms. The average molecular weight is 324 g/mol. The number of rotatable bonds is 5. The molecule has 2 heterocycles. The van der Waals surface area contributed by atoms with Crippen molar-refractivity contribution in [1.29, 1.82) is 0 Å². The van der Waals surface area contributed by atoms with Gasteiger partial charge in [-0.05, 0) is 49.8 Å². The highest BCUT2D eigenvalue weighted by molar-refractivity contribution is 5.81. The summed E-state index contributed by atoms with van der Waals surface area (Å²) in [4.78, 5) is 18.5. The van der Waals surface area contributed by atoms with Crippen molar-refractivity contribution >= 4 is 5.91 Å². The van der Waals surface area contributed by atoms with Gasteiger partial charge in [0.25, 0.3) is 5.91 Å². The molecule has 0 saturated carbocycles. The molecule has 1 aliphatic rings. The maximum absolute atomic E-state index is 12.5. The minimum atomic E-state index is -0.472. The summed E-state index contributed by atoms with van der Waals surface area (Å²) in [5.74, 6) is 1.36. The molecule has 0 N–H and O–H groups in total. The van der Waals surface area contributed by atoms with Gasteiger partial charge in [0.1, 0.15) is 5.75 Å². The van der Waals surface area contributed by atoms with Crippen molar-refractivity contribution in [2.75, 3.05) is 13.1 Å². The quantitative estimate of drug-likeness (QED) is 0.847. The van der Waals surface area contributed by atoms with E-state index in [4.69, 9.17) is 4.74 Å². The molecule has 1 aromatic heterocycles. The molecule has 3 rings (SSSR count). The van der Waals surface area contributed by atoms with Gasteiger partial charge >= 0.3 is 0 Å². The van der Waals surface area contributed by atoms with Gasteiger partial charge in [-0.15, -0.1) is 0 Å². The minimum absolute atomic E-state index is 0.0667. The van der Waals surface area contributed by atoms with E-state index in [1.165, 1.54) is 5.56 Å². The average Bonchev–Trinajstić information content (AvgIpc) is 2.63. The minimum Gasteiger partial charge on any atom is -0.479 e. The van der Waals surface area contributed by atoms with Crippen molar-refractivity contribution < 1.29 is 9.53 Å². The van der Waals surface area contributed by atoms with Crippen molar-refractivity contribution in [3.63, 3.8) is 0 Å². The molecule has 0 bridgehead atoms. The van der Waals surface area contributed by atoms with Crippen LogP contribution >= 0.6 is 0 Å². The van der Waals surface area contributed by atoms with Crippen molar-refractivity contribution in [2.24, 2.45) is 5.92 Å². The highest BCUT2D eigenvalue weighted by Crippen LogP contribution is 2.22. The SMILES string of the molecule is CC(Oc1cccnc1)C(=O)N1CCC(Cc2ccccc2)CC1. The summed E-state index contributed by atoms with van der Waals surface area (Å²) in [7, 11) is 0. The summed E-state index contributed by atoms with van der Waals surface area (Å²) in [6, 6.07) is 14.2. The second-order valence-corrected chi connectivity index (χ2v) is 6.41. The van der Waals surface area contributed by atoms with Crippen LogP contribution in [0.5, 0.6) is 5.75 Å². The van der Waals surface area contributed by atoms with E-state index in [1.54, 1.807) is 12.4 Å². The highest BCUT2D eigenvalue weighted by atomic mass is 16.5. The number of carbonyl (C=O) groups excluding carboxylic acids is 1. The van der Waals surface area contributed by atoms with Gasteiger partial charge in [0, 0.05) is 19.3 Å².